The summed E-state index contributed by atoms with van der Waals surface area (Å²) >= 11 is 0.705. The fraction of sp³-hybridized carbons (Fsp3) is 0.455. The van der Waals surface area contributed by atoms with E-state index < -0.39 is 23.8 Å². The third-order valence-electron chi connectivity index (χ3n) is 1.93. The average Bonchev–Trinajstić information content (AvgIpc) is 2.34. The molecule has 3 amide bonds. The number of carbonyl (C=O) groups is 2. The lowest BCUT2D eigenvalue weighted by Gasteiger charge is -2.09. The second-order valence-corrected chi connectivity index (χ2v) is 5.13. The van der Waals surface area contributed by atoms with Crippen molar-refractivity contribution in [2.24, 2.45) is 0 Å². The number of urea groups is 1. The topological polar surface area (TPSA) is 84.0 Å². The van der Waals surface area contributed by atoms with E-state index in [9.17, 15) is 22.8 Å². The van der Waals surface area contributed by atoms with Crippen LogP contribution >= 0.6 is 11.8 Å². The van der Waals surface area contributed by atoms with E-state index in [0.717, 1.165) is 12.3 Å². The van der Waals surface area contributed by atoms with Crippen molar-refractivity contribution in [2.75, 3.05) is 5.75 Å². The number of carbonyl (C=O) groups excluding carboxylic acids is 2. The Bertz CT molecular complexity index is 522. The van der Waals surface area contributed by atoms with Gasteiger partial charge in [0.05, 0.1) is 5.75 Å². The van der Waals surface area contributed by atoms with Gasteiger partial charge in [-0.2, -0.15) is 13.2 Å². The number of hydrogen-bond donors (Lipinski definition) is 2. The predicted molar refractivity (Wildman–Crippen MR) is 69.6 cm³/mol. The summed E-state index contributed by atoms with van der Waals surface area (Å²) in [5.74, 6) is -0.925. The second kappa shape index (κ2) is 7.25. The molecule has 116 valence electrons. The molecular formula is C11H13F3N4O2S. The van der Waals surface area contributed by atoms with Crippen LogP contribution in [0.5, 0.6) is 0 Å². The van der Waals surface area contributed by atoms with Gasteiger partial charge in [0.2, 0.25) is 5.91 Å². The average molecular weight is 322 g/mol. The Kier molecular flexibility index (Phi) is 5.94. The summed E-state index contributed by atoms with van der Waals surface area (Å²) in [6.07, 6.45) is -3.61. The summed E-state index contributed by atoms with van der Waals surface area (Å²) in [6, 6.07) is -0.0713. The molecular weight excluding hydrogens is 309 g/mol. The van der Waals surface area contributed by atoms with Crippen LogP contribution in [0.25, 0.3) is 0 Å². The first-order valence-corrected chi connectivity index (χ1v) is 6.80. The zero-order chi connectivity index (χ0) is 16.0. The van der Waals surface area contributed by atoms with Crippen molar-refractivity contribution in [1.29, 1.82) is 0 Å². The highest BCUT2D eigenvalue weighted by Gasteiger charge is 2.32. The molecule has 0 fully saturated rings. The molecule has 0 aromatic carbocycles. The quantitative estimate of drug-likeness (QED) is 0.652. The molecule has 0 aliphatic carbocycles. The van der Waals surface area contributed by atoms with E-state index >= 15 is 0 Å². The normalized spacial score (nSPS) is 11.3. The highest BCUT2D eigenvalue weighted by atomic mass is 32.2. The van der Waals surface area contributed by atoms with Gasteiger partial charge in [-0.3, -0.25) is 10.1 Å². The zero-order valence-corrected chi connectivity index (χ0v) is 12.0. The first kappa shape index (κ1) is 17.2. The Morgan fingerprint density at radius 1 is 1.38 bits per heavy atom. The third-order valence-corrected chi connectivity index (χ3v) is 2.79. The molecule has 0 aliphatic heterocycles. The minimum Gasteiger partial charge on any atom is -0.336 e. The highest BCUT2D eigenvalue weighted by molar-refractivity contribution is 7.99. The molecule has 0 spiro atoms. The van der Waals surface area contributed by atoms with Gasteiger partial charge in [-0.15, -0.1) is 0 Å². The minimum atomic E-state index is -4.57. The van der Waals surface area contributed by atoms with E-state index in [1.165, 1.54) is 0 Å². The van der Waals surface area contributed by atoms with Crippen molar-refractivity contribution < 1.29 is 22.8 Å². The maximum atomic E-state index is 12.4. The summed E-state index contributed by atoms with van der Waals surface area (Å²) in [5, 5.41) is 4.29. The first-order chi connectivity index (χ1) is 9.68. The van der Waals surface area contributed by atoms with Crippen molar-refractivity contribution in [2.45, 2.75) is 31.2 Å². The van der Waals surface area contributed by atoms with Crippen molar-refractivity contribution in [3.8, 4) is 0 Å². The molecule has 21 heavy (non-hydrogen) atoms. The van der Waals surface area contributed by atoms with E-state index in [4.69, 9.17) is 0 Å². The van der Waals surface area contributed by atoms with Gasteiger partial charge < -0.3 is 5.32 Å². The molecule has 1 aromatic rings. The lowest BCUT2D eigenvalue weighted by Crippen LogP contribution is -2.43. The molecule has 0 unspecified atom stereocenters. The number of rotatable bonds is 4. The van der Waals surface area contributed by atoms with Crippen LogP contribution in [0.2, 0.25) is 0 Å². The number of halogens is 3. The number of nitrogens with zero attached hydrogens (tertiary/aromatic N) is 2. The van der Waals surface area contributed by atoms with Gasteiger partial charge in [-0.25, -0.2) is 14.8 Å². The summed E-state index contributed by atoms with van der Waals surface area (Å²) in [7, 11) is 0. The third kappa shape index (κ3) is 6.43. The molecule has 1 heterocycles. The Labute approximate surface area is 122 Å². The van der Waals surface area contributed by atoms with Crippen molar-refractivity contribution >= 4 is 23.7 Å². The Morgan fingerprint density at radius 3 is 2.62 bits per heavy atom. The molecule has 0 radical (unpaired) electrons. The number of thioether (sulfide) groups is 1. The Balaban J connectivity index is 2.52. The van der Waals surface area contributed by atoms with E-state index in [0.29, 0.717) is 11.8 Å². The van der Waals surface area contributed by atoms with Crippen LogP contribution in [-0.2, 0) is 11.0 Å². The van der Waals surface area contributed by atoms with Crippen LogP contribution in [-0.4, -0.2) is 33.7 Å². The highest BCUT2D eigenvalue weighted by Crippen LogP contribution is 2.28. The van der Waals surface area contributed by atoms with E-state index in [2.05, 4.69) is 15.3 Å². The number of alkyl halides is 3. The SMILES string of the molecule is CC(C)NC(=O)NC(=O)CSc1nccc(C(F)(F)F)n1. The fourth-order valence-electron chi connectivity index (χ4n) is 1.16. The van der Waals surface area contributed by atoms with Crippen LogP contribution in [0, 0.1) is 0 Å². The smallest absolute Gasteiger partial charge is 0.336 e. The zero-order valence-electron chi connectivity index (χ0n) is 11.2. The van der Waals surface area contributed by atoms with E-state index in [-0.39, 0.29) is 17.0 Å². The predicted octanol–water partition coefficient (Wildman–Crippen LogP) is 1.82. The second-order valence-electron chi connectivity index (χ2n) is 4.19. The molecule has 1 rings (SSSR count). The van der Waals surface area contributed by atoms with Crippen LogP contribution < -0.4 is 10.6 Å². The molecule has 0 bridgehead atoms. The molecule has 0 atom stereocenters. The number of imide groups is 1. The van der Waals surface area contributed by atoms with Crippen molar-refractivity contribution in [1.82, 2.24) is 20.6 Å². The van der Waals surface area contributed by atoms with Gasteiger partial charge in [-0.05, 0) is 19.9 Å². The first-order valence-electron chi connectivity index (χ1n) is 5.82. The number of nitrogens with one attached hydrogen (secondary N) is 2. The summed E-state index contributed by atoms with van der Waals surface area (Å²) in [6.45, 7) is 3.44. The summed E-state index contributed by atoms with van der Waals surface area (Å²) < 4.78 is 37.3. The standard InChI is InChI=1S/C11H13F3N4O2S/c1-6(2)16-9(20)18-8(19)5-21-10-15-4-3-7(17-10)11(12,13)14/h3-4,6H,5H2,1-2H3,(H2,16,18,19,20). The van der Waals surface area contributed by atoms with Gasteiger partial charge in [0.25, 0.3) is 0 Å². The maximum absolute atomic E-state index is 12.4. The van der Waals surface area contributed by atoms with Gasteiger partial charge in [0.1, 0.15) is 5.69 Å². The van der Waals surface area contributed by atoms with Gasteiger partial charge in [-0.1, -0.05) is 11.8 Å². The van der Waals surface area contributed by atoms with E-state index in [1.807, 2.05) is 5.32 Å². The van der Waals surface area contributed by atoms with Crippen LogP contribution in [0.15, 0.2) is 17.4 Å². The molecule has 0 saturated carbocycles. The lowest BCUT2D eigenvalue weighted by atomic mass is 10.4. The minimum absolute atomic E-state index is 0.141. The number of aromatic nitrogens is 2. The van der Waals surface area contributed by atoms with E-state index in [1.54, 1.807) is 13.8 Å². The van der Waals surface area contributed by atoms with Crippen molar-refractivity contribution in [3.63, 3.8) is 0 Å². The summed E-state index contributed by atoms with van der Waals surface area (Å²) in [4.78, 5) is 29.6. The summed E-state index contributed by atoms with van der Waals surface area (Å²) in [5.41, 5.74) is -1.09. The molecule has 1 aromatic heterocycles. The Hall–Kier alpha value is -1.84. The van der Waals surface area contributed by atoms with Crippen molar-refractivity contribution in [3.05, 3.63) is 18.0 Å². The molecule has 10 heteroatoms. The number of hydrogen-bond acceptors (Lipinski definition) is 5. The Morgan fingerprint density at radius 2 is 2.05 bits per heavy atom. The van der Waals surface area contributed by atoms with Gasteiger partial charge >= 0.3 is 12.2 Å². The van der Waals surface area contributed by atoms with Crippen LogP contribution in [0.4, 0.5) is 18.0 Å². The lowest BCUT2D eigenvalue weighted by molar-refractivity contribution is -0.141. The van der Waals surface area contributed by atoms with Gasteiger partial charge in [0.15, 0.2) is 5.16 Å². The van der Waals surface area contributed by atoms with Crippen LogP contribution in [0.1, 0.15) is 19.5 Å². The molecule has 2 N–H and O–H groups in total. The molecule has 6 nitrogen and oxygen atoms in total. The number of amides is 3. The molecule has 0 saturated heterocycles. The maximum Gasteiger partial charge on any atom is 0.433 e. The largest absolute Gasteiger partial charge is 0.433 e. The fourth-order valence-corrected chi connectivity index (χ4v) is 1.79. The van der Waals surface area contributed by atoms with Crippen LogP contribution in [0.3, 0.4) is 0 Å². The van der Waals surface area contributed by atoms with Gasteiger partial charge in [0, 0.05) is 12.2 Å². The monoisotopic (exact) mass is 322 g/mol. The molecule has 0 aliphatic rings.